The van der Waals surface area contributed by atoms with Crippen molar-refractivity contribution in [3.05, 3.63) is 30.3 Å². The molecule has 1 heterocycles. The summed E-state index contributed by atoms with van der Waals surface area (Å²) in [5, 5.41) is 6.67. The molecule has 1 aromatic carbocycles. The van der Waals surface area contributed by atoms with Gasteiger partial charge in [0.15, 0.2) is 5.11 Å². The van der Waals surface area contributed by atoms with Gasteiger partial charge in [-0.15, -0.1) is 0 Å². The Morgan fingerprint density at radius 1 is 1.03 bits per heavy atom. The molecule has 1 aromatic rings. The molecule has 8 heteroatoms. The zero-order chi connectivity index (χ0) is 21.5. The molecule has 2 fully saturated rings. The number of rotatable bonds is 3. The van der Waals surface area contributed by atoms with E-state index in [1.54, 1.807) is 4.90 Å². The molecule has 1 saturated carbocycles. The van der Waals surface area contributed by atoms with Crippen molar-refractivity contribution in [1.82, 2.24) is 21.1 Å². The summed E-state index contributed by atoms with van der Waals surface area (Å²) in [6.07, 6.45) is 5.09. The van der Waals surface area contributed by atoms with Crippen molar-refractivity contribution in [3.63, 3.8) is 0 Å². The fraction of sp³-hybridized carbons (Fsp3) is 0.591. The molecule has 0 spiro atoms. The summed E-state index contributed by atoms with van der Waals surface area (Å²) in [6.45, 7) is 5.57. The fourth-order valence-electron chi connectivity index (χ4n) is 4.31. The number of carbonyl (C=O) groups is 2. The highest BCUT2D eigenvalue weighted by Gasteiger charge is 2.30. The first-order chi connectivity index (χ1) is 14.4. The average molecular weight is 432 g/mol. The molecule has 0 unspecified atom stereocenters. The number of benzene rings is 1. The van der Waals surface area contributed by atoms with Crippen LogP contribution in [0.1, 0.15) is 46.0 Å². The quantitative estimate of drug-likeness (QED) is 0.436. The van der Waals surface area contributed by atoms with Gasteiger partial charge in [0.1, 0.15) is 0 Å². The van der Waals surface area contributed by atoms with E-state index >= 15 is 0 Å². The first-order valence-corrected chi connectivity index (χ1v) is 11.3. The SMILES string of the molecule is C[C@@H]1[C@H](C)CCC[C@@H]1NC(=S)NNC(=O)[C@@H]1CCCN(C(=O)Nc2ccccc2)C1. The van der Waals surface area contributed by atoms with Crippen molar-refractivity contribution in [3.8, 4) is 0 Å². The summed E-state index contributed by atoms with van der Waals surface area (Å²) in [4.78, 5) is 26.8. The smallest absolute Gasteiger partial charge is 0.321 e. The molecule has 3 amide bonds. The van der Waals surface area contributed by atoms with Crippen LogP contribution in [0.15, 0.2) is 30.3 Å². The molecular weight excluding hydrogens is 398 g/mol. The third-order valence-electron chi connectivity index (χ3n) is 6.43. The monoisotopic (exact) mass is 431 g/mol. The van der Waals surface area contributed by atoms with Crippen LogP contribution in [0.4, 0.5) is 10.5 Å². The van der Waals surface area contributed by atoms with Crippen LogP contribution in [-0.2, 0) is 4.79 Å². The lowest BCUT2D eigenvalue weighted by Crippen LogP contribution is -2.55. The van der Waals surface area contributed by atoms with E-state index in [9.17, 15) is 9.59 Å². The van der Waals surface area contributed by atoms with E-state index in [0.717, 1.165) is 24.9 Å². The highest BCUT2D eigenvalue weighted by molar-refractivity contribution is 7.80. The summed E-state index contributed by atoms with van der Waals surface area (Å²) in [6, 6.07) is 9.49. The second kappa shape index (κ2) is 10.6. The molecule has 1 aliphatic carbocycles. The van der Waals surface area contributed by atoms with E-state index in [4.69, 9.17) is 12.2 Å². The van der Waals surface area contributed by atoms with Gasteiger partial charge in [0.2, 0.25) is 5.91 Å². The maximum Gasteiger partial charge on any atom is 0.321 e. The lowest BCUT2D eigenvalue weighted by molar-refractivity contribution is -0.126. The number of thiocarbonyl (C=S) groups is 1. The molecule has 4 N–H and O–H groups in total. The molecule has 1 saturated heterocycles. The van der Waals surface area contributed by atoms with Gasteiger partial charge in [0.25, 0.3) is 0 Å². The highest BCUT2D eigenvalue weighted by Crippen LogP contribution is 2.29. The number of nitrogens with zero attached hydrogens (tertiary/aromatic N) is 1. The number of anilines is 1. The van der Waals surface area contributed by atoms with Crippen LogP contribution < -0.4 is 21.5 Å². The molecule has 2 aliphatic rings. The normalized spacial score (nSPS) is 26.4. The van der Waals surface area contributed by atoms with E-state index in [1.165, 1.54) is 12.8 Å². The van der Waals surface area contributed by atoms with Gasteiger partial charge in [-0.05, 0) is 55.4 Å². The molecule has 3 rings (SSSR count). The second-order valence-electron chi connectivity index (χ2n) is 8.54. The topological polar surface area (TPSA) is 85.5 Å². The zero-order valence-electron chi connectivity index (χ0n) is 17.8. The van der Waals surface area contributed by atoms with Crippen molar-refractivity contribution in [2.24, 2.45) is 17.8 Å². The molecular formula is C22H33N5O2S. The van der Waals surface area contributed by atoms with E-state index in [2.05, 4.69) is 35.3 Å². The lowest BCUT2D eigenvalue weighted by atomic mass is 9.78. The van der Waals surface area contributed by atoms with Gasteiger partial charge in [-0.2, -0.15) is 0 Å². The molecule has 4 atom stereocenters. The van der Waals surface area contributed by atoms with Crippen molar-refractivity contribution >= 4 is 35.0 Å². The van der Waals surface area contributed by atoms with E-state index < -0.39 is 0 Å². The minimum atomic E-state index is -0.260. The van der Waals surface area contributed by atoms with Crippen molar-refractivity contribution in [2.75, 3.05) is 18.4 Å². The molecule has 7 nitrogen and oxygen atoms in total. The third kappa shape index (κ3) is 6.08. The highest BCUT2D eigenvalue weighted by atomic mass is 32.1. The number of hydrogen-bond donors (Lipinski definition) is 4. The summed E-state index contributed by atoms with van der Waals surface area (Å²) < 4.78 is 0. The van der Waals surface area contributed by atoms with Gasteiger partial charge in [-0.25, -0.2) is 4.79 Å². The van der Waals surface area contributed by atoms with Gasteiger partial charge in [0, 0.05) is 24.8 Å². The van der Waals surface area contributed by atoms with Gasteiger partial charge < -0.3 is 15.5 Å². The Balaban J connectivity index is 1.43. The Bertz CT molecular complexity index is 744. The number of likely N-dealkylation sites (tertiary alicyclic amines) is 1. The molecule has 1 aliphatic heterocycles. The molecule has 164 valence electrons. The summed E-state index contributed by atoms with van der Waals surface area (Å²) in [7, 11) is 0. The van der Waals surface area contributed by atoms with Crippen LogP contribution in [0.3, 0.4) is 0 Å². The number of hydrogen-bond acceptors (Lipinski definition) is 3. The predicted molar refractivity (Wildman–Crippen MR) is 123 cm³/mol. The van der Waals surface area contributed by atoms with Crippen LogP contribution in [0.25, 0.3) is 0 Å². The van der Waals surface area contributed by atoms with Crippen LogP contribution >= 0.6 is 12.2 Å². The zero-order valence-corrected chi connectivity index (χ0v) is 18.6. The van der Waals surface area contributed by atoms with Gasteiger partial charge in [-0.1, -0.05) is 44.9 Å². The van der Waals surface area contributed by atoms with Crippen molar-refractivity contribution in [1.29, 1.82) is 0 Å². The second-order valence-corrected chi connectivity index (χ2v) is 8.95. The Kier molecular flexibility index (Phi) is 7.90. The Labute approximate surface area is 184 Å². The fourth-order valence-corrected chi connectivity index (χ4v) is 4.51. The van der Waals surface area contributed by atoms with Crippen LogP contribution in [0, 0.1) is 17.8 Å². The van der Waals surface area contributed by atoms with Gasteiger partial charge in [-0.3, -0.25) is 15.6 Å². The van der Waals surface area contributed by atoms with Crippen LogP contribution in [0.5, 0.6) is 0 Å². The lowest BCUT2D eigenvalue weighted by Gasteiger charge is -2.35. The van der Waals surface area contributed by atoms with E-state index in [0.29, 0.717) is 36.1 Å². The minimum absolute atomic E-state index is 0.138. The molecule has 30 heavy (non-hydrogen) atoms. The average Bonchev–Trinajstić information content (AvgIpc) is 2.76. The van der Waals surface area contributed by atoms with Crippen LogP contribution in [0.2, 0.25) is 0 Å². The maximum absolute atomic E-state index is 12.6. The summed E-state index contributed by atoms with van der Waals surface area (Å²) in [5.74, 6) is 0.818. The Morgan fingerprint density at radius 2 is 1.80 bits per heavy atom. The number of nitrogens with one attached hydrogen (secondary N) is 4. The number of carbonyl (C=O) groups excluding carboxylic acids is 2. The van der Waals surface area contributed by atoms with Crippen molar-refractivity contribution in [2.45, 2.75) is 52.0 Å². The first kappa shape index (κ1) is 22.3. The van der Waals surface area contributed by atoms with Gasteiger partial charge in [0.05, 0.1) is 5.92 Å². The molecule has 0 bridgehead atoms. The third-order valence-corrected chi connectivity index (χ3v) is 6.65. The standard InChI is InChI=1S/C22H33N5O2S/c1-15-8-6-12-19(16(15)2)24-21(30)26-25-20(28)17-9-7-13-27(14-17)22(29)23-18-10-4-3-5-11-18/h3-5,10-11,15-17,19H,6-9,12-14H2,1-2H3,(H,23,29)(H,25,28)(H2,24,26,30)/t15-,16-,17-,19+/m1/s1. The molecule has 0 aromatic heterocycles. The maximum atomic E-state index is 12.6. The van der Waals surface area contributed by atoms with Crippen LogP contribution in [-0.4, -0.2) is 41.1 Å². The number of hydrazine groups is 1. The van der Waals surface area contributed by atoms with Crippen molar-refractivity contribution < 1.29 is 9.59 Å². The minimum Gasteiger partial charge on any atom is -0.358 e. The Hall–Kier alpha value is -2.35. The largest absolute Gasteiger partial charge is 0.358 e. The predicted octanol–water partition coefficient (Wildman–Crippen LogP) is 3.25. The van der Waals surface area contributed by atoms with Gasteiger partial charge >= 0.3 is 6.03 Å². The Morgan fingerprint density at radius 3 is 2.57 bits per heavy atom. The summed E-state index contributed by atoms with van der Waals surface area (Å²) >= 11 is 5.37. The molecule has 0 radical (unpaired) electrons. The number of urea groups is 1. The summed E-state index contributed by atoms with van der Waals surface area (Å²) in [5.41, 5.74) is 6.32. The first-order valence-electron chi connectivity index (χ1n) is 10.9. The van der Waals surface area contributed by atoms with E-state index in [-0.39, 0.29) is 17.9 Å². The number of amides is 3. The number of piperidine rings is 1. The van der Waals surface area contributed by atoms with E-state index in [1.807, 2.05) is 30.3 Å². The number of para-hydroxylation sites is 1.